The van der Waals surface area contributed by atoms with Crippen LogP contribution in [0.15, 0.2) is 29.3 Å². The fraction of sp³-hybridized carbons (Fsp3) is 0.636. The van der Waals surface area contributed by atoms with E-state index in [4.69, 9.17) is 0 Å². The molecule has 1 saturated heterocycles. The molecule has 0 aromatic heterocycles. The molecule has 29 heavy (non-hydrogen) atoms. The normalized spacial score (nSPS) is 20.9. The molecule has 6 nitrogen and oxygen atoms in total. The molecule has 3 N–H and O–H groups in total. The topological polar surface area (TPSA) is 68.8 Å². The Balaban J connectivity index is 0.00000420. The van der Waals surface area contributed by atoms with Crippen molar-refractivity contribution >= 4 is 41.5 Å². The summed E-state index contributed by atoms with van der Waals surface area (Å²) in [6.07, 6.45) is 0.836. The lowest BCUT2D eigenvalue weighted by molar-refractivity contribution is -0.119. The molecule has 164 valence electrons. The van der Waals surface area contributed by atoms with Gasteiger partial charge in [-0.25, -0.2) is 0 Å². The predicted molar refractivity (Wildman–Crippen MR) is 133 cm³/mol. The van der Waals surface area contributed by atoms with Gasteiger partial charge >= 0.3 is 0 Å². The van der Waals surface area contributed by atoms with Crippen molar-refractivity contribution in [1.82, 2.24) is 15.5 Å². The number of carbonyl (C=O) groups excluding carboxylic acids is 1. The summed E-state index contributed by atoms with van der Waals surface area (Å²) in [6, 6.07) is 8.93. The highest BCUT2D eigenvalue weighted by atomic mass is 127. The number of guanidine groups is 1. The average Bonchev–Trinajstić information content (AvgIpc) is 3.05. The van der Waals surface area contributed by atoms with E-state index in [1.54, 1.807) is 7.05 Å². The molecule has 0 bridgehead atoms. The van der Waals surface area contributed by atoms with Crippen molar-refractivity contribution < 1.29 is 4.79 Å². The second kappa shape index (κ2) is 12.4. The predicted octanol–water partition coefficient (Wildman–Crippen LogP) is 3.68. The van der Waals surface area contributed by atoms with E-state index in [9.17, 15) is 4.79 Å². The lowest BCUT2D eigenvalue weighted by Gasteiger charge is -2.22. The van der Waals surface area contributed by atoms with Crippen molar-refractivity contribution in [3.05, 3.63) is 29.8 Å². The van der Waals surface area contributed by atoms with Crippen molar-refractivity contribution in [3.63, 3.8) is 0 Å². The van der Waals surface area contributed by atoms with Crippen molar-refractivity contribution in [1.29, 1.82) is 0 Å². The monoisotopic (exact) mass is 515 g/mol. The summed E-state index contributed by atoms with van der Waals surface area (Å²) >= 11 is 0. The minimum absolute atomic E-state index is 0. The lowest BCUT2D eigenvalue weighted by atomic mass is 10.1. The Morgan fingerprint density at radius 2 is 2.00 bits per heavy atom. The zero-order chi connectivity index (χ0) is 20.7. The number of likely N-dealkylation sites (tertiary alicyclic amines) is 1. The van der Waals surface area contributed by atoms with Crippen LogP contribution in [0.2, 0.25) is 0 Å². The third kappa shape index (κ3) is 7.77. The van der Waals surface area contributed by atoms with Gasteiger partial charge in [0.2, 0.25) is 5.91 Å². The SMILES string of the molecule is CCC(C)C(=O)Nc1cccc(CNC(=NC)NC2CN(C(C)C)CC2C)c1.I. The Hall–Kier alpha value is -1.35. The smallest absolute Gasteiger partial charge is 0.227 e. The van der Waals surface area contributed by atoms with Gasteiger partial charge in [0.15, 0.2) is 5.96 Å². The number of amides is 1. The summed E-state index contributed by atoms with van der Waals surface area (Å²) in [5, 5.41) is 9.96. The molecule has 2 rings (SSSR count). The van der Waals surface area contributed by atoms with Crippen LogP contribution in [0.5, 0.6) is 0 Å². The summed E-state index contributed by atoms with van der Waals surface area (Å²) in [6.45, 7) is 13.6. The van der Waals surface area contributed by atoms with Crippen LogP contribution in [0.4, 0.5) is 5.69 Å². The number of aliphatic imine (C=N–C) groups is 1. The molecule has 1 heterocycles. The van der Waals surface area contributed by atoms with Crippen LogP contribution in [-0.2, 0) is 11.3 Å². The number of anilines is 1. The van der Waals surface area contributed by atoms with Crippen LogP contribution >= 0.6 is 24.0 Å². The van der Waals surface area contributed by atoms with Crippen LogP contribution < -0.4 is 16.0 Å². The van der Waals surface area contributed by atoms with Gasteiger partial charge in [-0.15, -0.1) is 24.0 Å². The standard InChI is InChI=1S/C22H37N5O.HI/c1-7-16(4)21(28)25-19-10-8-9-18(11-19)12-24-22(23-6)26-20-14-27(15(2)3)13-17(20)5;/h8-11,15-17,20H,7,12-14H2,1-6H3,(H,25,28)(H2,23,24,26);1H. The van der Waals surface area contributed by atoms with Gasteiger partial charge in [0, 0.05) is 50.4 Å². The van der Waals surface area contributed by atoms with Crippen molar-refractivity contribution in [3.8, 4) is 0 Å². The van der Waals surface area contributed by atoms with Gasteiger partial charge in [0.25, 0.3) is 0 Å². The molecular weight excluding hydrogens is 477 g/mol. The highest BCUT2D eigenvalue weighted by Crippen LogP contribution is 2.18. The molecule has 1 aliphatic heterocycles. The first-order chi connectivity index (χ1) is 13.3. The molecule has 0 radical (unpaired) electrons. The Kier molecular flexibility index (Phi) is 11.0. The zero-order valence-corrected chi connectivity index (χ0v) is 21.0. The van der Waals surface area contributed by atoms with Crippen LogP contribution in [0.1, 0.15) is 46.6 Å². The molecule has 0 aliphatic carbocycles. The average molecular weight is 515 g/mol. The van der Waals surface area contributed by atoms with E-state index in [1.165, 1.54) is 0 Å². The van der Waals surface area contributed by atoms with E-state index < -0.39 is 0 Å². The van der Waals surface area contributed by atoms with Crippen LogP contribution in [-0.4, -0.2) is 49.0 Å². The Bertz CT molecular complexity index is 679. The Labute approximate surface area is 193 Å². The van der Waals surface area contributed by atoms with Gasteiger partial charge in [-0.2, -0.15) is 0 Å². The fourth-order valence-corrected chi connectivity index (χ4v) is 3.38. The van der Waals surface area contributed by atoms with Crippen molar-refractivity contribution in [2.75, 3.05) is 25.5 Å². The fourth-order valence-electron chi connectivity index (χ4n) is 3.38. The van der Waals surface area contributed by atoms with Crippen molar-refractivity contribution in [2.24, 2.45) is 16.8 Å². The van der Waals surface area contributed by atoms with Crippen LogP contribution in [0.25, 0.3) is 0 Å². The molecule has 1 aliphatic rings. The molecule has 3 atom stereocenters. The Morgan fingerprint density at radius 3 is 2.59 bits per heavy atom. The minimum Gasteiger partial charge on any atom is -0.352 e. The van der Waals surface area contributed by atoms with E-state index in [2.05, 4.69) is 52.7 Å². The molecule has 0 spiro atoms. The van der Waals surface area contributed by atoms with Gasteiger partial charge in [0.1, 0.15) is 0 Å². The second-order valence-corrected chi connectivity index (χ2v) is 8.20. The number of nitrogens with zero attached hydrogens (tertiary/aromatic N) is 2. The van der Waals surface area contributed by atoms with E-state index >= 15 is 0 Å². The first kappa shape index (κ1) is 25.7. The lowest BCUT2D eigenvalue weighted by Crippen LogP contribution is -2.46. The molecule has 3 unspecified atom stereocenters. The van der Waals surface area contributed by atoms with Crippen LogP contribution in [0, 0.1) is 11.8 Å². The third-order valence-electron chi connectivity index (χ3n) is 5.63. The van der Waals surface area contributed by atoms with Gasteiger partial charge in [-0.1, -0.05) is 32.9 Å². The molecule has 1 aromatic carbocycles. The Morgan fingerprint density at radius 1 is 1.28 bits per heavy atom. The van der Waals surface area contributed by atoms with Crippen molar-refractivity contribution in [2.45, 2.75) is 59.7 Å². The van der Waals surface area contributed by atoms with E-state index in [-0.39, 0.29) is 35.8 Å². The summed E-state index contributed by atoms with van der Waals surface area (Å²) < 4.78 is 0. The third-order valence-corrected chi connectivity index (χ3v) is 5.63. The van der Waals surface area contributed by atoms with Gasteiger partial charge in [0.05, 0.1) is 0 Å². The second-order valence-electron chi connectivity index (χ2n) is 8.20. The molecule has 1 fully saturated rings. The first-order valence-electron chi connectivity index (χ1n) is 10.4. The maximum absolute atomic E-state index is 12.1. The maximum atomic E-state index is 12.1. The zero-order valence-electron chi connectivity index (χ0n) is 18.7. The summed E-state index contributed by atoms with van der Waals surface area (Å²) in [7, 11) is 1.80. The number of hydrogen-bond donors (Lipinski definition) is 3. The van der Waals surface area contributed by atoms with Gasteiger partial charge < -0.3 is 16.0 Å². The molecular formula is C22H38IN5O. The van der Waals surface area contributed by atoms with Gasteiger partial charge in [-0.3, -0.25) is 14.7 Å². The largest absolute Gasteiger partial charge is 0.352 e. The van der Waals surface area contributed by atoms with Crippen LogP contribution in [0.3, 0.4) is 0 Å². The molecule has 1 aromatic rings. The maximum Gasteiger partial charge on any atom is 0.227 e. The van der Waals surface area contributed by atoms with E-state index in [0.717, 1.165) is 36.7 Å². The van der Waals surface area contributed by atoms with E-state index in [0.29, 0.717) is 24.5 Å². The molecule has 0 saturated carbocycles. The number of halogens is 1. The summed E-state index contributed by atoms with van der Waals surface area (Å²) in [5.74, 6) is 1.48. The number of rotatable bonds is 7. The summed E-state index contributed by atoms with van der Waals surface area (Å²) in [4.78, 5) is 19.0. The highest BCUT2D eigenvalue weighted by molar-refractivity contribution is 14.0. The minimum atomic E-state index is 0. The number of carbonyl (C=O) groups is 1. The van der Waals surface area contributed by atoms with Gasteiger partial charge in [-0.05, 0) is 43.9 Å². The highest BCUT2D eigenvalue weighted by Gasteiger charge is 2.31. The number of hydrogen-bond acceptors (Lipinski definition) is 3. The summed E-state index contributed by atoms with van der Waals surface area (Å²) in [5.41, 5.74) is 1.94. The first-order valence-corrected chi connectivity index (χ1v) is 10.4. The number of nitrogens with one attached hydrogen (secondary N) is 3. The molecule has 7 heteroatoms. The quantitative estimate of drug-likeness (QED) is 0.295. The molecule has 1 amide bonds. The number of benzene rings is 1. The van der Waals surface area contributed by atoms with E-state index in [1.807, 2.05) is 32.0 Å².